The second kappa shape index (κ2) is 9.37. The third-order valence-electron chi connectivity index (χ3n) is 4.36. The summed E-state index contributed by atoms with van der Waals surface area (Å²) in [5, 5.41) is 3.52. The van der Waals surface area contributed by atoms with Gasteiger partial charge in [0.1, 0.15) is 6.04 Å². The summed E-state index contributed by atoms with van der Waals surface area (Å²) >= 11 is 1.33. The number of carbonyl (C=O) groups is 2. The van der Waals surface area contributed by atoms with Crippen LogP contribution in [0.2, 0.25) is 0 Å². The first-order valence-electron chi connectivity index (χ1n) is 9.10. The van der Waals surface area contributed by atoms with Crippen LogP contribution in [0, 0.1) is 6.92 Å². The van der Waals surface area contributed by atoms with Crippen LogP contribution in [-0.4, -0.2) is 27.4 Å². The van der Waals surface area contributed by atoms with Gasteiger partial charge in [0, 0.05) is 12.1 Å². The van der Waals surface area contributed by atoms with Crippen LogP contribution in [0.15, 0.2) is 65.8 Å². The summed E-state index contributed by atoms with van der Waals surface area (Å²) in [6.45, 7) is 3.47. The Morgan fingerprint density at radius 3 is 2.36 bits per heavy atom. The molecule has 28 heavy (non-hydrogen) atoms. The highest BCUT2D eigenvalue weighted by Gasteiger charge is 2.19. The van der Waals surface area contributed by atoms with Crippen molar-refractivity contribution in [1.29, 1.82) is 0 Å². The van der Waals surface area contributed by atoms with Crippen LogP contribution in [0.3, 0.4) is 0 Å². The van der Waals surface area contributed by atoms with Gasteiger partial charge in [-0.3, -0.25) is 9.59 Å². The number of nitrogens with one attached hydrogen (secondary N) is 2. The van der Waals surface area contributed by atoms with Crippen molar-refractivity contribution in [1.82, 2.24) is 15.3 Å². The molecule has 0 bridgehead atoms. The van der Waals surface area contributed by atoms with E-state index in [1.807, 2.05) is 55.5 Å². The normalized spacial score (nSPS) is 11.8. The fourth-order valence-electron chi connectivity index (χ4n) is 2.90. The number of thioether (sulfide) groups is 1. The van der Waals surface area contributed by atoms with E-state index in [4.69, 9.17) is 0 Å². The van der Waals surface area contributed by atoms with Gasteiger partial charge in [-0.2, -0.15) is 0 Å². The topological polar surface area (TPSA) is 74.8 Å². The van der Waals surface area contributed by atoms with Crippen molar-refractivity contribution in [2.75, 3.05) is 5.75 Å². The van der Waals surface area contributed by atoms with E-state index < -0.39 is 6.04 Å². The first-order valence-corrected chi connectivity index (χ1v) is 10.1. The summed E-state index contributed by atoms with van der Waals surface area (Å²) in [4.78, 5) is 32.1. The number of aromatic nitrogens is 2. The van der Waals surface area contributed by atoms with E-state index in [2.05, 4.69) is 27.4 Å². The summed E-state index contributed by atoms with van der Waals surface area (Å²) in [5.74, 6) is -0.106. The van der Waals surface area contributed by atoms with Crippen molar-refractivity contribution in [2.24, 2.45) is 0 Å². The summed E-state index contributed by atoms with van der Waals surface area (Å²) in [7, 11) is 0. The van der Waals surface area contributed by atoms with E-state index in [-0.39, 0.29) is 17.4 Å². The molecule has 0 fully saturated rings. The fourth-order valence-corrected chi connectivity index (χ4v) is 3.65. The van der Waals surface area contributed by atoms with Gasteiger partial charge in [-0.25, -0.2) is 4.98 Å². The Bertz CT molecular complexity index is 939. The molecule has 144 valence electrons. The number of aryl methyl sites for hydroxylation is 1. The van der Waals surface area contributed by atoms with Crippen molar-refractivity contribution in [3.63, 3.8) is 0 Å². The zero-order valence-corrected chi connectivity index (χ0v) is 16.8. The second-order valence-electron chi connectivity index (χ2n) is 6.59. The monoisotopic (exact) mass is 393 g/mol. The first-order chi connectivity index (χ1) is 13.5. The Hall–Kier alpha value is -2.86. The number of H-pyrrole nitrogens is 1. The third kappa shape index (κ3) is 5.33. The molecule has 0 aliphatic rings. The molecule has 1 atom stereocenters. The van der Waals surface area contributed by atoms with E-state index in [9.17, 15) is 9.59 Å². The van der Waals surface area contributed by atoms with Crippen LogP contribution in [0.5, 0.6) is 0 Å². The molecule has 1 aromatic heterocycles. The molecule has 1 amide bonds. The molecule has 0 saturated carbocycles. The molecule has 0 radical (unpaired) electrons. The minimum atomic E-state index is -0.624. The number of carbonyl (C=O) groups excluding carboxylic acids is 2. The van der Waals surface area contributed by atoms with Crippen molar-refractivity contribution in [2.45, 2.75) is 31.5 Å². The van der Waals surface area contributed by atoms with Gasteiger partial charge >= 0.3 is 0 Å². The molecule has 5 nitrogen and oxygen atoms in total. The molecular formula is C22H23N3O2S. The first kappa shape index (κ1) is 19.9. The zero-order valence-electron chi connectivity index (χ0n) is 15.9. The van der Waals surface area contributed by atoms with Crippen LogP contribution in [-0.2, 0) is 16.0 Å². The molecule has 1 heterocycles. The molecule has 6 heteroatoms. The van der Waals surface area contributed by atoms with Crippen LogP contribution >= 0.6 is 11.8 Å². The van der Waals surface area contributed by atoms with Gasteiger partial charge in [-0.15, -0.1) is 0 Å². The van der Waals surface area contributed by atoms with E-state index in [0.717, 1.165) is 23.4 Å². The number of benzene rings is 2. The number of ketones is 1. The number of aromatic amines is 1. The van der Waals surface area contributed by atoms with E-state index in [1.54, 1.807) is 0 Å². The number of nitrogens with zero attached hydrogens (tertiary/aromatic N) is 1. The van der Waals surface area contributed by atoms with E-state index in [0.29, 0.717) is 5.16 Å². The quantitative estimate of drug-likeness (QED) is 0.570. The maximum absolute atomic E-state index is 12.4. The predicted molar refractivity (Wildman–Crippen MR) is 111 cm³/mol. The van der Waals surface area contributed by atoms with Gasteiger partial charge in [-0.1, -0.05) is 72.4 Å². The second-order valence-corrected chi connectivity index (χ2v) is 7.55. The fraction of sp³-hybridized carbons (Fsp3) is 0.227. The average Bonchev–Trinajstić information content (AvgIpc) is 3.05. The van der Waals surface area contributed by atoms with Crippen LogP contribution in [0.25, 0.3) is 0 Å². The molecule has 0 aliphatic carbocycles. The summed E-state index contributed by atoms with van der Waals surface area (Å²) < 4.78 is 0. The lowest BCUT2D eigenvalue weighted by molar-refractivity contribution is -0.125. The number of hydrogen-bond acceptors (Lipinski definition) is 4. The molecule has 2 N–H and O–H groups in total. The smallest absolute Gasteiger partial charge is 0.231 e. The highest BCUT2D eigenvalue weighted by Crippen LogP contribution is 2.20. The Balaban J connectivity index is 1.58. The standard InChI is InChI=1S/C22H23N3O2S/c1-15-19(13-17-9-5-3-6-10-17)24-22(23-15)28-14-20(27)25-21(16(2)26)18-11-7-4-8-12-18/h3-12,21H,13-14H2,1-2H3,(H,23,24)(H,25,27). The molecule has 0 aliphatic heterocycles. The maximum atomic E-state index is 12.4. The van der Waals surface area contributed by atoms with Crippen LogP contribution < -0.4 is 5.32 Å². The van der Waals surface area contributed by atoms with Gasteiger partial charge in [0.25, 0.3) is 0 Å². The van der Waals surface area contributed by atoms with Crippen molar-refractivity contribution in [3.05, 3.63) is 83.2 Å². The highest BCUT2D eigenvalue weighted by molar-refractivity contribution is 7.99. The third-order valence-corrected chi connectivity index (χ3v) is 5.24. The highest BCUT2D eigenvalue weighted by atomic mass is 32.2. The molecular weight excluding hydrogens is 370 g/mol. The lowest BCUT2D eigenvalue weighted by atomic mass is 10.0. The zero-order chi connectivity index (χ0) is 19.9. The SMILES string of the molecule is CC(=O)C(NC(=O)CSc1nc(Cc2ccccc2)c(C)[nH]1)c1ccccc1. The number of Topliss-reactive ketones (excluding diaryl/α,β-unsaturated/α-hetero) is 1. The number of hydrogen-bond donors (Lipinski definition) is 2. The Labute approximate surface area is 169 Å². The largest absolute Gasteiger partial charge is 0.341 e. The molecule has 0 spiro atoms. The minimum Gasteiger partial charge on any atom is -0.341 e. The number of rotatable bonds is 8. The van der Waals surface area contributed by atoms with E-state index in [1.165, 1.54) is 24.2 Å². The lowest BCUT2D eigenvalue weighted by Crippen LogP contribution is -2.33. The molecule has 1 unspecified atom stereocenters. The minimum absolute atomic E-state index is 0.0939. The summed E-state index contributed by atoms with van der Waals surface area (Å²) in [6, 6.07) is 18.8. The van der Waals surface area contributed by atoms with Crippen LogP contribution in [0.1, 0.15) is 35.5 Å². The van der Waals surface area contributed by atoms with Gasteiger partial charge in [0.05, 0.1) is 11.4 Å². The van der Waals surface area contributed by atoms with Crippen molar-refractivity contribution in [3.8, 4) is 0 Å². The van der Waals surface area contributed by atoms with Gasteiger partial charge < -0.3 is 10.3 Å². The average molecular weight is 394 g/mol. The van der Waals surface area contributed by atoms with Gasteiger partial charge in [0.2, 0.25) is 5.91 Å². The molecule has 3 rings (SSSR count). The Morgan fingerprint density at radius 1 is 1.07 bits per heavy atom. The van der Waals surface area contributed by atoms with E-state index >= 15 is 0 Å². The maximum Gasteiger partial charge on any atom is 0.231 e. The van der Waals surface area contributed by atoms with Crippen LogP contribution in [0.4, 0.5) is 0 Å². The number of imidazole rings is 1. The predicted octanol–water partition coefficient (Wildman–Crippen LogP) is 3.85. The molecule has 3 aromatic rings. The lowest BCUT2D eigenvalue weighted by Gasteiger charge is -2.16. The summed E-state index contributed by atoms with van der Waals surface area (Å²) in [5.41, 5.74) is 3.95. The van der Waals surface area contributed by atoms with Gasteiger partial charge in [-0.05, 0) is 25.0 Å². The Kier molecular flexibility index (Phi) is 6.66. The summed E-state index contributed by atoms with van der Waals surface area (Å²) in [6.07, 6.45) is 0.746. The van der Waals surface area contributed by atoms with Gasteiger partial charge in [0.15, 0.2) is 10.9 Å². The van der Waals surface area contributed by atoms with Crippen molar-refractivity contribution >= 4 is 23.5 Å². The Morgan fingerprint density at radius 2 is 1.71 bits per heavy atom. The number of amides is 1. The molecule has 2 aromatic carbocycles. The van der Waals surface area contributed by atoms with Crippen molar-refractivity contribution < 1.29 is 9.59 Å². The molecule has 0 saturated heterocycles.